The molecule has 0 aliphatic carbocycles. The van der Waals surface area contributed by atoms with Crippen LogP contribution in [0.3, 0.4) is 0 Å². The van der Waals surface area contributed by atoms with Gasteiger partial charge in [-0.3, -0.25) is 0 Å². The van der Waals surface area contributed by atoms with Crippen molar-refractivity contribution in [1.82, 2.24) is 0 Å². The van der Waals surface area contributed by atoms with Crippen LogP contribution < -0.4 is 0 Å². The van der Waals surface area contributed by atoms with E-state index in [0.717, 1.165) is 6.61 Å². The SMILES string of the molecule is CCCC(COC(C)(C)C(CC)C(C)CC)(CC(C)(C)C)C(C)(C)C. The third-order valence-electron chi connectivity index (χ3n) is 6.57. The lowest BCUT2D eigenvalue weighted by Gasteiger charge is -2.50. The minimum Gasteiger partial charge on any atom is -0.375 e. The lowest BCUT2D eigenvalue weighted by Crippen LogP contribution is -2.47. The van der Waals surface area contributed by atoms with Gasteiger partial charge in [0.1, 0.15) is 0 Å². The molecular formula is C24H50O. The predicted molar refractivity (Wildman–Crippen MR) is 114 cm³/mol. The van der Waals surface area contributed by atoms with Crippen LogP contribution in [0, 0.1) is 28.1 Å². The maximum absolute atomic E-state index is 6.80. The summed E-state index contributed by atoms with van der Waals surface area (Å²) >= 11 is 0. The Hall–Kier alpha value is -0.0400. The highest BCUT2D eigenvalue weighted by atomic mass is 16.5. The van der Waals surface area contributed by atoms with Crippen molar-refractivity contribution in [2.75, 3.05) is 6.61 Å². The van der Waals surface area contributed by atoms with Crippen molar-refractivity contribution >= 4 is 0 Å². The highest BCUT2D eigenvalue weighted by Crippen LogP contribution is 2.51. The van der Waals surface area contributed by atoms with Crippen molar-refractivity contribution < 1.29 is 4.74 Å². The molecule has 0 saturated heterocycles. The third-order valence-corrected chi connectivity index (χ3v) is 6.57. The molecule has 0 spiro atoms. The van der Waals surface area contributed by atoms with Gasteiger partial charge in [0.2, 0.25) is 0 Å². The molecule has 0 fully saturated rings. The zero-order valence-corrected chi connectivity index (χ0v) is 19.8. The largest absolute Gasteiger partial charge is 0.375 e. The summed E-state index contributed by atoms with van der Waals surface area (Å²) in [6.07, 6.45) is 6.10. The van der Waals surface area contributed by atoms with Gasteiger partial charge in [-0.2, -0.15) is 0 Å². The molecule has 0 rings (SSSR count). The zero-order valence-electron chi connectivity index (χ0n) is 19.8. The van der Waals surface area contributed by atoms with Gasteiger partial charge in [-0.05, 0) is 54.8 Å². The number of rotatable bonds is 10. The monoisotopic (exact) mass is 354 g/mol. The normalized spacial score (nSPS) is 18.7. The molecule has 3 unspecified atom stereocenters. The molecule has 3 atom stereocenters. The highest BCUT2D eigenvalue weighted by molar-refractivity contribution is 4.94. The van der Waals surface area contributed by atoms with E-state index in [1.807, 2.05) is 0 Å². The van der Waals surface area contributed by atoms with Crippen LogP contribution in [0.5, 0.6) is 0 Å². The summed E-state index contributed by atoms with van der Waals surface area (Å²) < 4.78 is 6.80. The Balaban J connectivity index is 5.58. The summed E-state index contributed by atoms with van der Waals surface area (Å²) in [5, 5.41) is 0. The minimum atomic E-state index is -0.0632. The van der Waals surface area contributed by atoms with E-state index in [-0.39, 0.29) is 16.4 Å². The lowest BCUT2D eigenvalue weighted by atomic mass is 9.58. The molecule has 0 bridgehead atoms. The van der Waals surface area contributed by atoms with E-state index in [9.17, 15) is 0 Å². The van der Waals surface area contributed by atoms with Crippen LogP contribution in [0.15, 0.2) is 0 Å². The van der Waals surface area contributed by atoms with Gasteiger partial charge in [0.15, 0.2) is 0 Å². The van der Waals surface area contributed by atoms with Gasteiger partial charge in [-0.1, -0.05) is 88.5 Å². The Bertz CT molecular complexity index is 369. The molecule has 0 amide bonds. The molecule has 0 aliphatic heterocycles. The van der Waals surface area contributed by atoms with Gasteiger partial charge in [0.05, 0.1) is 12.2 Å². The average molecular weight is 355 g/mol. The van der Waals surface area contributed by atoms with Crippen LogP contribution >= 0.6 is 0 Å². The van der Waals surface area contributed by atoms with Crippen molar-refractivity contribution in [3.8, 4) is 0 Å². The highest BCUT2D eigenvalue weighted by Gasteiger charge is 2.45. The molecule has 152 valence electrons. The molecular weight excluding hydrogens is 304 g/mol. The Kier molecular flexibility index (Phi) is 9.23. The summed E-state index contributed by atoms with van der Waals surface area (Å²) in [5.74, 6) is 1.32. The Morgan fingerprint density at radius 3 is 1.64 bits per heavy atom. The molecule has 0 N–H and O–H groups in total. The van der Waals surface area contributed by atoms with Gasteiger partial charge in [-0.25, -0.2) is 0 Å². The molecule has 25 heavy (non-hydrogen) atoms. The van der Waals surface area contributed by atoms with Gasteiger partial charge in [0.25, 0.3) is 0 Å². The van der Waals surface area contributed by atoms with Crippen molar-refractivity contribution in [2.45, 2.75) is 121 Å². The van der Waals surface area contributed by atoms with Crippen LogP contribution in [0.25, 0.3) is 0 Å². The smallest absolute Gasteiger partial charge is 0.0657 e. The summed E-state index contributed by atoms with van der Waals surface area (Å²) in [4.78, 5) is 0. The van der Waals surface area contributed by atoms with Crippen molar-refractivity contribution in [3.63, 3.8) is 0 Å². The standard InChI is InChI=1S/C24H50O/c1-13-16-24(22(8,9)10,17-21(5,6)7)18-25-23(11,12)20(15-3)19(4)14-2/h19-20H,13-18H2,1-12H3. The molecule has 0 aliphatic rings. The summed E-state index contributed by atoms with van der Waals surface area (Å²) in [5.41, 5.74) is 0.721. The first-order chi connectivity index (χ1) is 11.2. The molecule has 0 aromatic rings. The fourth-order valence-electron chi connectivity index (χ4n) is 4.86. The Labute approximate surface area is 160 Å². The predicted octanol–water partition coefficient (Wildman–Crippen LogP) is 8.12. The first-order valence-electron chi connectivity index (χ1n) is 10.8. The summed E-state index contributed by atoms with van der Waals surface area (Å²) in [7, 11) is 0. The zero-order chi connectivity index (χ0) is 20.1. The van der Waals surface area contributed by atoms with E-state index in [2.05, 4.69) is 83.1 Å². The third kappa shape index (κ3) is 7.24. The maximum atomic E-state index is 6.80. The van der Waals surface area contributed by atoms with E-state index in [1.165, 1.54) is 32.1 Å². The van der Waals surface area contributed by atoms with Gasteiger partial charge < -0.3 is 4.74 Å². The number of hydrogen-bond donors (Lipinski definition) is 0. The first kappa shape index (κ1) is 25.0. The summed E-state index contributed by atoms with van der Waals surface area (Å²) in [6, 6.07) is 0. The van der Waals surface area contributed by atoms with E-state index in [0.29, 0.717) is 17.3 Å². The quantitative estimate of drug-likeness (QED) is 0.385. The summed E-state index contributed by atoms with van der Waals surface area (Å²) in [6.45, 7) is 29.2. The topological polar surface area (TPSA) is 9.23 Å². The van der Waals surface area contributed by atoms with E-state index >= 15 is 0 Å². The molecule has 0 radical (unpaired) electrons. The van der Waals surface area contributed by atoms with Gasteiger partial charge in [-0.15, -0.1) is 0 Å². The molecule has 0 aromatic carbocycles. The molecule has 1 nitrogen and oxygen atoms in total. The van der Waals surface area contributed by atoms with Crippen molar-refractivity contribution in [1.29, 1.82) is 0 Å². The van der Waals surface area contributed by atoms with Gasteiger partial charge in [0, 0.05) is 0 Å². The van der Waals surface area contributed by atoms with E-state index in [1.54, 1.807) is 0 Å². The van der Waals surface area contributed by atoms with Crippen LogP contribution in [0.4, 0.5) is 0 Å². The van der Waals surface area contributed by atoms with Crippen LogP contribution in [-0.4, -0.2) is 12.2 Å². The Morgan fingerprint density at radius 2 is 1.32 bits per heavy atom. The van der Waals surface area contributed by atoms with Crippen molar-refractivity contribution in [3.05, 3.63) is 0 Å². The number of ether oxygens (including phenoxy) is 1. The van der Waals surface area contributed by atoms with Crippen LogP contribution in [0.1, 0.15) is 115 Å². The van der Waals surface area contributed by atoms with Crippen LogP contribution in [-0.2, 0) is 4.74 Å². The lowest BCUT2D eigenvalue weighted by molar-refractivity contribution is -0.142. The average Bonchev–Trinajstić information content (AvgIpc) is 2.42. The molecule has 1 heteroatoms. The maximum Gasteiger partial charge on any atom is 0.0657 e. The molecule has 0 aromatic heterocycles. The van der Waals surface area contributed by atoms with Crippen LogP contribution in [0.2, 0.25) is 0 Å². The second-order valence-electron chi connectivity index (χ2n) is 11.3. The fourth-order valence-corrected chi connectivity index (χ4v) is 4.86. The molecule has 0 heterocycles. The van der Waals surface area contributed by atoms with E-state index < -0.39 is 0 Å². The Morgan fingerprint density at radius 1 is 0.800 bits per heavy atom. The second-order valence-corrected chi connectivity index (χ2v) is 11.3. The van der Waals surface area contributed by atoms with E-state index in [4.69, 9.17) is 4.74 Å². The van der Waals surface area contributed by atoms with Crippen molar-refractivity contribution in [2.24, 2.45) is 28.1 Å². The fraction of sp³-hybridized carbons (Fsp3) is 1.00. The van der Waals surface area contributed by atoms with Gasteiger partial charge >= 0.3 is 0 Å². The molecule has 0 saturated carbocycles. The first-order valence-corrected chi connectivity index (χ1v) is 10.8. The second kappa shape index (κ2) is 9.25. The number of hydrogen-bond acceptors (Lipinski definition) is 1. The minimum absolute atomic E-state index is 0.0632.